The summed E-state index contributed by atoms with van der Waals surface area (Å²) in [7, 11) is 0. The Morgan fingerprint density at radius 2 is 1.80 bits per heavy atom. The lowest BCUT2D eigenvalue weighted by atomic mass is 10.1. The first-order chi connectivity index (χ1) is 9.56. The lowest BCUT2D eigenvalue weighted by Gasteiger charge is -2.06. The third kappa shape index (κ3) is 2.12. The molecule has 0 N–H and O–H groups in total. The standard InChI is InChI=1S/C15H9ClF2N2/c1-8-5-6-9(7-11(8)18)15-19-12-4-2-3-10(17)13(12)14(16)20-15/h2-7H,1H3. The Bertz CT molecular complexity index is 818. The van der Waals surface area contributed by atoms with Crippen molar-refractivity contribution in [1.29, 1.82) is 0 Å². The Kier molecular flexibility index (Phi) is 3.10. The number of halogens is 3. The molecule has 0 aliphatic rings. The molecule has 2 nitrogen and oxygen atoms in total. The summed E-state index contributed by atoms with van der Waals surface area (Å²) < 4.78 is 27.3. The van der Waals surface area contributed by atoms with E-state index in [0.29, 0.717) is 16.6 Å². The Labute approximate surface area is 119 Å². The van der Waals surface area contributed by atoms with Gasteiger partial charge in [-0.15, -0.1) is 0 Å². The van der Waals surface area contributed by atoms with Crippen molar-refractivity contribution < 1.29 is 8.78 Å². The van der Waals surface area contributed by atoms with Crippen LogP contribution in [0.4, 0.5) is 8.78 Å². The zero-order valence-electron chi connectivity index (χ0n) is 10.5. The lowest BCUT2D eigenvalue weighted by Crippen LogP contribution is -1.94. The summed E-state index contributed by atoms with van der Waals surface area (Å²) in [5, 5.41) is 0.189. The molecule has 20 heavy (non-hydrogen) atoms. The first-order valence-corrected chi connectivity index (χ1v) is 6.32. The maximum Gasteiger partial charge on any atom is 0.161 e. The number of aryl methyl sites for hydroxylation is 1. The second-order valence-electron chi connectivity index (χ2n) is 4.44. The average molecular weight is 291 g/mol. The molecule has 0 amide bonds. The minimum atomic E-state index is -0.478. The van der Waals surface area contributed by atoms with Crippen LogP contribution in [0.5, 0.6) is 0 Å². The lowest BCUT2D eigenvalue weighted by molar-refractivity contribution is 0.619. The van der Waals surface area contributed by atoms with E-state index in [4.69, 9.17) is 11.6 Å². The fraction of sp³-hybridized carbons (Fsp3) is 0.0667. The largest absolute Gasteiger partial charge is 0.228 e. The molecule has 0 spiro atoms. The van der Waals surface area contributed by atoms with E-state index in [9.17, 15) is 8.78 Å². The first-order valence-electron chi connectivity index (χ1n) is 5.94. The quantitative estimate of drug-likeness (QED) is 0.615. The summed E-state index contributed by atoms with van der Waals surface area (Å²) in [5.74, 6) is -0.553. The zero-order valence-corrected chi connectivity index (χ0v) is 11.2. The van der Waals surface area contributed by atoms with E-state index in [-0.39, 0.29) is 22.2 Å². The third-order valence-corrected chi connectivity index (χ3v) is 3.33. The molecule has 0 bridgehead atoms. The highest BCUT2D eigenvalue weighted by Gasteiger charge is 2.12. The number of hydrogen-bond donors (Lipinski definition) is 0. The van der Waals surface area contributed by atoms with Gasteiger partial charge in [-0.05, 0) is 30.7 Å². The first kappa shape index (κ1) is 12.9. The Morgan fingerprint density at radius 1 is 1.00 bits per heavy atom. The molecule has 0 saturated heterocycles. The van der Waals surface area contributed by atoms with E-state index in [1.807, 2.05) is 0 Å². The van der Waals surface area contributed by atoms with E-state index in [1.54, 1.807) is 31.2 Å². The van der Waals surface area contributed by atoms with E-state index >= 15 is 0 Å². The highest BCUT2D eigenvalue weighted by Crippen LogP contribution is 2.27. The highest BCUT2D eigenvalue weighted by molar-refractivity contribution is 6.34. The number of nitrogens with zero attached hydrogens (tertiary/aromatic N) is 2. The fourth-order valence-electron chi connectivity index (χ4n) is 1.96. The van der Waals surface area contributed by atoms with E-state index < -0.39 is 5.82 Å². The minimum Gasteiger partial charge on any atom is -0.228 e. The molecule has 0 radical (unpaired) electrons. The molecule has 5 heteroatoms. The summed E-state index contributed by atoms with van der Waals surface area (Å²) in [6.45, 7) is 1.67. The number of hydrogen-bond acceptors (Lipinski definition) is 2. The molecular formula is C15H9ClF2N2. The normalized spacial score (nSPS) is 11.0. The van der Waals surface area contributed by atoms with Crippen LogP contribution in [-0.2, 0) is 0 Å². The van der Waals surface area contributed by atoms with E-state index in [2.05, 4.69) is 9.97 Å². The van der Waals surface area contributed by atoms with Gasteiger partial charge in [0.2, 0.25) is 0 Å². The molecule has 0 fully saturated rings. The van der Waals surface area contributed by atoms with Crippen molar-refractivity contribution in [2.24, 2.45) is 0 Å². The summed E-state index contributed by atoms with van der Waals surface area (Å²) in [4.78, 5) is 8.29. The van der Waals surface area contributed by atoms with Crippen molar-refractivity contribution in [3.8, 4) is 11.4 Å². The third-order valence-electron chi connectivity index (χ3n) is 3.06. The second-order valence-corrected chi connectivity index (χ2v) is 4.79. The van der Waals surface area contributed by atoms with Crippen LogP contribution in [0.2, 0.25) is 5.15 Å². The topological polar surface area (TPSA) is 25.8 Å². The molecule has 1 aromatic heterocycles. The van der Waals surface area contributed by atoms with Crippen LogP contribution < -0.4 is 0 Å². The monoisotopic (exact) mass is 290 g/mol. The second kappa shape index (κ2) is 4.80. The van der Waals surface area contributed by atoms with E-state index in [1.165, 1.54) is 12.1 Å². The maximum atomic E-state index is 13.7. The van der Waals surface area contributed by atoms with Crippen molar-refractivity contribution in [2.45, 2.75) is 6.92 Å². The van der Waals surface area contributed by atoms with Crippen LogP contribution >= 0.6 is 11.6 Å². The van der Waals surface area contributed by atoms with E-state index in [0.717, 1.165) is 0 Å². The van der Waals surface area contributed by atoms with Gasteiger partial charge in [0, 0.05) is 5.56 Å². The molecule has 0 aliphatic carbocycles. The fourth-order valence-corrected chi connectivity index (χ4v) is 2.23. The van der Waals surface area contributed by atoms with Crippen molar-refractivity contribution in [3.63, 3.8) is 0 Å². The molecule has 100 valence electrons. The summed E-state index contributed by atoms with van der Waals surface area (Å²) in [6.07, 6.45) is 0. The molecule has 2 aromatic carbocycles. The number of aromatic nitrogens is 2. The molecular weight excluding hydrogens is 282 g/mol. The zero-order chi connectivity index (χ0) is 14.3. The van der Waals surface area contributed by atoms with Gasteiger partial charge in [0.1, 0.15) is 16.8 Å². The van der Waals surface area contributed by atoms with Gasteiger partial charge in [0.05, 0.1) is 10.9 Å². The van der Waals surface area contributed by atoms with Gasteiger partial charge in [0.15, 0.2) is 5.82 Å². The Hall–Kier alpha value is -2.07. The van der Waals surface area contributed by atoms with Crippen LogP contribution in [-0.4, -0.2) is 9.97 Å². The van der Waals surface area contributed by atoms with Crippen molar-refractivity contribution in [1.82, 2.24) is 9.97 Å². The van der Waals surface area contributed by atoms with Gasteiger partial charge in [-0.2, -0.15) is 0 Å². The molecule has 3 aromatic rings. The maximum absolute atomic E-state index is 13.7. The summed E-state index contributed by atoms with van der Waals surface area (Å²) in [5.41, 5.74) is 1.42. The predicted molar refractivity (Wildman–Crippen MR) is 74.6 cm³/mol. The molecule has 0 atom stereocenters. The minimum absolute atomic E-state index is 0.0177. The van der Waals surface area contributed by atoms with Crippen molar-refractivity contribution in [3.05, 3.63) is 58.7 Å². The summed E-state index contributed by atoms with van der Waals surface area (Å²) >= 11 is 6.00. The van der Waals surface area contributed by atoms with Crippen LogP contribution in [0.3, 0.4) is 0 Å². The SMILES string of the molecule is Cc1ccc(-c2nc(Cl)c3c(F)cccc3n2)cc1F. The molecule has 0 unspecified atom stereocenters. The highest BCUT2D eigenvalue weighted by atomic mass is 35.5. The van der Waals surface area contributed by atoms with Gasteiger partial charge in [0.25, 0.3) is 0 Å². The Balaban J connectivity index is 2.25. The average Bonchev–Trinajstić information content (AvgIpc) is 2.41. The number of fused-ring (bicyclic) bond motifs is 1. The van der Waals surface area contributed by atoms with Crippen molar-refractivity contribution in [2.75, 3.05) is 0 Å². The summed E-state index contributed by atoms with van der Waals surface area (Å²) in [6, 6.07) is 9.16. The Morgan fingerprint density at radius 3 is 2.55 bits per heavy atom. The number of benzene rings is 2. The van der Waals surface area contributed by atoms with Gasteiger partial charge in [-0.25, -0.2) is 18.7 Å². The van der Waals surface area contributed by atoms with Gasteiger partial charge in [-0.1, -0.05) is 29.8 Å². The van der Waals surface area contributed by atoms with Crippen LogP contribution in [0, 0.1) is 18.6 Å². The number of rotatable bonds is 1. The van der Waals surface area contributed by atoms with Gasteiger partial charge < -0.3 is 0 Å². The van der Waals surface area contributed by atoms with Gasteiger partial charge >= 0.3 is 0 Å². The van der Waals surface area contributed by atoms with Crippen LogP contribution in [0.15, 0.2) is 36.4 Å². The molecule has 0 aliphatic heterocycles. The van der Waals surface area contributed by atoms with Crippen LogP contribution in [0.1, 0.15) is 5.56 Å². The van der Waals surface area contributed by atoms with Crippen molar-refractivity contribution >= 4 is 22.5 Å². The van der Waals surface area contributed by atoms with Gasteiger partial charge in [-0.3, -0.25) is 0 Å². The predicted octanol–water partition coefficient (Wildman–Crippen LogP) is 4.54. The smallest absolute Gasteiger partial charge is 0.161 e. The molecule has 0 saturated carbocycles. The molecule has 1 heterocycles. The molecule has 3 rings (SSSR count). The van der Waals surface area contributed by atoms with Crippen LogP contribution in [0.25, 0.3) is 22.3 Å².